The molecule has 0 bridgehead atoms. The summed E-state index contributed by atoms with van der Waals surface area (Å²) in [6.45, 7) is 13.4. The van der Waals surface area contributed by atoms with E-state index in [0.29, 0.717) is 12.5 Å². The summed E-state index contributed by atoms with van der Waals surface area (Å²) in [6.07, 6.45) is 1.56. The summed E-state index contributed by atoms with van der Waals surface area (Å²) < 4.78 is 15.3. The number of benzene rings is 1. The van der Waals surface area contributed by atoms with Crippen molar-refractivity contribution in [1.29, 1.82) is 0 Å². The minimum atomic E-state index is -0.694. The van der Waals surface area contributed by atoms with Gasteiger partial charge in [0.05, 0.1) is 12.0 Å². The van der Waals surface area contributed by atoms with Gasteiger partial charge in [-0.3, -0.25) is 0 Å². The quantitative estimate of drug-likeness (QED) is 0.142. The molecule has 174 valence electrons. The molecule has 1 aromatic rings. The van der Waals surface area contributed by atoms with E-state index in [-0.39, 0.29) is 24.4 Å². The number of hydrogen-bond donors (Lipinski definition) is 2. The Morgan fingerprint density at radius 2 is 1.81 bits per heavy atom. The van der Waals surface area contributed by atoms with Gasteiger partial charge in [-0.05, 0) is 63.4 Å². The van der Waals surface area contributed by atoms with Gasteiger partial charge < -0.3 is 24.3 Å². The third kappa shape index (κ3) is 12.3. The van der Waals surface area contributed by atoms with Crippen molar-refractivity contribution in [2.24, 2.45) is 11.3 Å². The van der Waals surface area contributed by atoms with Gasteiger partial charge in [0.25, 0.3) is 0 Å². The maximum atomic E-state index is 11.9. The third-order valence-electron chi connectivity index (χ3n) is 4.54. The van der Waals surface area contributed by atoms with Gasteiger partial charge >= 0.3 is 12.1 Å². The zero-order valence-electron chi connectivity index (χ0n) is 19.3. The largest absolute Gasteiger partial charge is 0.456 e. The number of aryl methyl sites for hydroxylation is 1. The maximum Gasteiger partial charge on any atom is 0.407 e. The zero-order chi connectivity index (χ0) is 23.3. The highest BCUT2D eigenvalue weighted by Gasteiger charge is 2.22. The summed E-state index contributed by atoms with van der Waals surface area (Å²) in [5.41, 5.74) is 1.09. The molecule has 1 atom stereocenters. The first-order valence-electron chi connectivity index (χ1n) is 10.5. The van der Waals surface area contributed by atoms with Gasteiger partial charge in [0.1, 0.15) is 13.2 Å². The summed E-state index contributed by atoms with van der Waals surface area (Å²) >= 11 is 1.03. The molecule has 0 saturated carbocycles. The number of ether oxygens (including phenoxy) is 2. The fourth-order valence-corrected chi connectivity index (χ4v) is 3.46. The fraction of sp³-hybridized carbons (Fsp3) is 0.565. The lowest BCUT2D eigenvalue weighted by Gasteiger charge is -2.28. The van der Waals surface area contributed by atoms with Crippen LogP contribution in [0.2, 0.25) is 0 Å². The molecule has 0 spiro atoms. The molecule has 2 N–H and O–H groups in total. The molecule has 1 unspecified atom stereocenters. The number of amides is 1. The molecular weight excluding hydrogens is 416 g/mol. The van der Waals surface area contributed by atoms with Crippen molar-refractivity contribution in [3.05, 3.63) is 42.2 Å². The first-order chi connectivity index (χ1) is 14.6. The Bertz CT molecular complexity index is 706. The second-order valence-corrected chi connectivity index (χ2v) is 9.20. The molecule has 0 radical (unpaired) electrons. The van der Waals surface area contributed by atoms with E-state index in [9.17, 15) is 9.59 Å². The lowest BCUT2D eigenvalue weighted by Crippen LogP contribution is -2.36. The molecule has 0 aliphatic heterocycles. The molecular formula is C23H36N2O5S. The minimum absolute atomic E-state index is 0.0388. The molecule has 1 amide bonds. The maximum absolute atomic E-state index is 11.9. The smallest absolute Gasteiger partial charge is 0.407 e. The average molecular weight is 453 g/mol. The third-order valence-corrected chi connectivity index (χ3v) is 5.29. The molecule has 0 aromatic heterocycles. The second-order valence-electron chi connectivity index (χ2n) is 8.39. The van der Waals surface area contributed by atoms with E-state index < -0.39 is 12.1 Å². The molecule has 8 heteroatoms. The van der Waals surface area contributed by atoms with Crippen LogP contribution in [0.5, 0.6) is 0 Å². The zero-order valence-corrected chi connectivity index (χ0v) is 20.1. The number of nitrogens with one attached hydrogen (secondary N) is 2. The Labute approximate surface area is 190 Å². The number of alkyl carbamates (subject to hydrolysis) is 1. The highest BCUT2D eigenvalue weighted by atomic mass is 32.2. The molecule has 0 fully saturated rings. The fourth-order valence-electron chi connectivity index (χ4n) is 2.95. The average Bonchev–Trinajstić information content (AvgIpc) is 2.72. The molecule has 31 heavy (non-hydrogen) atoms. The van der Waals surface area contributed by atoms with Crippen LogP contribution < -0.4 is 10.6 Å². The van der Waals surface area contributed by atoms with Crippen molar-refractivity contribution >= 4 is 24.1 Å². The Balaban J connectivity index is 2.18. The Morgan fingerprint density at radius 3 is 2.45 bits per heavy atom. The predicted molar refractivity (Wildman–Crippen MR) is 124 cm³/mol. The van der Waals surface area contributed by atoms with E-state index in [4.69, 9.17) is 13.7 Å². The van der Waals surface area contributed by atoms with Crippen LogP contribution in [0.1, 0.15) is 39.2 Å². The lowest BCUT2D eigenvalue weighted by molar-refractivity contribution is -0.142. The van der Waals surface area contributed by atoms with Crippen molar-refractivity contribution in [2.45, 2.75) is 45.4 Å². The number of rotatable bonds is 14. The predicted octanol–water partition coefficient (Wildman–Crippen LogP) is 4.46. The van der Waals surface area contributed by atoms with E-state index >= 15 is 0 Å². The van der Waals surface area contributed by atoms with E-state index in [0.717, 1.165) is 41.9 Å². The van der Waals surface area contributed by atoms with E-state index in [1.807, 2.05) is 38.2 Å². The molecule has 1 rings (SSSR count). The van der Waals surface area contributed by atoms with Gasteiger partial charge in [-0.15, -0.1) is 0 Å². The summed E-state index contributed by atoms with van der Waals surface area (Å²) in [6, 6.07) is 7.66. The highest BCUT2D eigenvalue weighted by Crippen LogP contribution is 2.26. The Morgan fingerprint density at radius 1 is 1.16 bits per heavy atom. The van der Waals surface area contributed by atoms with Crippen molar-refractivity contribution in [3.63, 3.8) is 0 Å². The van der Waals surface area contributed by atoms with Gasteiger partial charge in [-0.2, -0.15) is 0 Å². The molecule has 7 nitrogen and oxygen atoms in total. The van der Waals surface area contributed by atoms with Gasteiger partial charge in [0.2, 0.25) is 5.76 Å². The Kier molecular flexibility index (Phi) is 12.1. The van der Waals surface area contributed by atoms with Crippen LogP contribution in [-0.2, 0) is 18.5 Å². The van der Waals surface area contributed by atoms with Gasteiger partial charge in [-0.1, -0.05) is 38.5 Å². The van der Waals surface area contributed by atoms with Crippen molar-refractivity contribution in [1.82, 2.24) is 10.6 Å². The molecule has 1 aromatic carbocycles. The summed E-state index contributed by atoms with van der Waals surface area (Å²) in [7, 11) is 1.94. The first-order valence-corrected chi connectivity index (χ1v) is 11.2. The van der Waals surface area contributed by atoms with Gasteiger partial charge in [0, 0.05) is 11.4 Å². The standard InChI is InChI=1S/C23H36N2O5S/c1-17-7-9-20(10-8-17)31-30-19(3)21(26)28-13-14-29-22(27)25-16-23(4,5)15-18(2)11-12-24-6/h7-10,18,24H,3,11-16H2,1-2,4-6H3,(H,25,27). The van der Waals surface area contributed by atoms with Crippen molar-refractivity contribution in [3.8, 4) is 0 Å². The molecule has 0 saturated heterocycles. The molecule has 0 heterocycles. The van der Waals surface area contributed by atoms with Crippen molar-refractivity contribution < 1.29 is 23.2 Å². The molecule has 0 aliphatic rings. The number of carbonyl (C=O) groups is 2. The van der Waals surface area contributed by atoms with Crippen LogP contribution >= 0.6 is 12.0 Å². The number of esters is 1. The highest BCUT2D eigenvalue weighted by molar-refractivity contribution is 7.94. The van der Waals surface area contributed by atoms with E-state index in [2.05, 4.69) is 38.0 Å². The van der Waals surface area contributed by atoms with Gasteiger partial charge in [-0.25, -0.2) is 9.59 Å². The van der Waals surface area contributed by atoms with E-state index in [1.165, 1.54) is 0 Å². The van der Waals surface area contributed by atoms with E-state index in [1.54, 1.807) is 0 Å². The summed E-state index contributed by atoms with van der Waals surface area (Å²) in [5.74, 6) is -0.261. The van der Waals surface area contributed by atoms with Crippen LogP contribution in [0.15, 0.2) is 41.5 Å². The second kappa shape index (κ2) is 14.0. The summed E-state index contributed by atoms with van der Waals surface area (Å²) in [5, 5.41) is 5.93. The van der Waals surface area contributed by atoms with Crippen LogP contribution in [-0.4, -0.2) is 45.4 Å². The van der Waals surface area contributed by atoms with Crippen LogP contribution in [0, 0.1) is 18.3 Å². The number of carbonyl (C=O) groups excluding carboxylic acids is 2. The number of hydrogen-bond acceptors (Lipinski definition) is 7. The van der Waals surface area contributed by atoms with Crippen LogP contribution in [0.4, 0.5) is 4.79 Å². The Hall–Kier alpha value is -2.19. The van der Waals surface area contributed by atoms with Crippen molar-refractivity contribution in [2.75, 3.05) is 33.4 Å². The minimum Gasteiger partial charge on any atom is -0.456 e. The van der Waals surface area contributed by atoms with Crippen LogP contribution in [0.25, 0.3) is 0 Å². The summed E-state index contributed by atoms with van der Waals surface area (Å²) in [4.78, 5) is 24.6. The monoisotopic (exact) mass is 452 g/mol. The lowest BCUT2D eigenvalue weighted by atomic mass is 9.82. The topological polar surface area (TPSA) is 85.9 Å². The van der Waals surface area contributed by atoms with Crippen LogP contribution in [0.3, 0.4) is 0 Å². The SMILES string of the molecule is C=C(OSc1ccc(C)cc1)C(=O)OCCOC(=O)NCC(C)(C)CC(C)CCNC. The molecule has 0 aliphatic carbocycles. The van der Waals surface area contributed by atoms with Gasteiger partial charge in [0.15, 0.2) is 0 Å². The first kappa shape index (κ1) is 26.8. The normalized spacial score (nSPS) is 12.0.